The minimum Gasteiger partial charge on any atom is -0.494 e. The highest BCUT2D eigenvalue weighted by Gasteiger charge is 2.35. The van der Waals surface area contributed by atoms with Crippen molar-refractivity contribution >= 4 is 11.3 Å². The van der Waals surface area contributed by atoms with Crippen LogP contribution in [0, 0.1) is 0 Å². The first kappa shape index (κ1) is 28.7. The summed E-state index contributed by atoms with van der Waals surface area (Å²) in [4.78, 5) is 0. The molecule has 0 amide bonds. The van der Waals surface area contributed by atoms with Crippen molar-refractivity contribution in [3.63, 3.8) is 0 Å². The summed E-state index contributed by atoms with van der Waals surface area (Å²) >= 11 is 0.989. The Labute approximate surface area is 213 Å². The van der Waals surface area contributed by atoms with Crippen LogP contribution in [0.25, 0.3) is 10.6 Å². The van der Waals surface area contributed by atoms with E-state index in [1.54, 1.807) is 0 Å². The van der Waals surface area contributed by atoms with E-state index in [4.69, 9.17) is 15.2 Å². The number of nitrogens with zero attached hydrogens (tertiary/aromatic N) is 2. The molecule has 0 aliphatic carbocycles. The average Bonchev–Trinajstić information content (AvgIpc) is 3.34. The Hall–Kier alpha value is -2.90. The van der Waals surface area contributed by atoms with Crippen molar-refractivity contribution in [1.82, 2.24) is 10.2 Å². The number of aromatic nitrogens is 2. The molecule has 202 valence electrons. The molecular weight excluding hydrogens is 524 g/mol. The first-order chi connectivity index (χ1) is 17.3. The van der Waals surface area contributed by atoms with Gasteiger partial charge in [-0.1, -0.05) is 17.4 Å². The van der Waals surface area contributed by atoms with Gasteiger partial charge in [0.2, 0.25) is 0 Å². The molecule has 3 N–H and O–H groups in total. The number of aliphatic hydroxyl groups is 1. The lowest BCUT2D eigenvalue weighted by molar-refractivity contribution is -0.139. The standard InChI is InChI=1S/C24H25F6N3O3S/c1-22(31,14-34)21-33-32-20(37-21)15-8-9-19(18(12-15)24(28,29)30)36-11-4-2-3-10-35-17-7-5-6-16(13-17)23(25,26)27/h5-9,12-13,34H,2-4,10-11,14,31H2,1H3/t22-/m0/s1. The predicted octanol–water partition coefficient (Wildman–Crippen LogP) is 6.04. The second kappa shape index (κ2) is 11.7. The lowest BCUT2D eigenvalue weighted by atomic mass is 10.1. The minimum absolute atomic E-state index is 0.0109. The van der Waals surface area contributed by atoms with Crippen LogP contribution in [0.3, 0.4) is 0 Å². The zero-order chi connectivity index (χ0) is 27.3. The molecule has 13 heteroatoms. The summed E-state index contributed by atoms with van der Waals surface area (Å²) in [6, 6.07) is 8.11. The molecule has 0 fully saturated rings. The first-order valence-corrected chi connectivity index (χ1v) is 12.0. The topological polar surface area (TPSA) is 90.5 Å². The second-order valence-electron chi connectivity index (χ2n) is 8.48. The van der Waals surface area contributed by atoms with Gasteiger partial charge in [0.05, 0.1) is 36.5 Å². The number of nitrogens with two attached hydrogens (primary N) is 1. The molecule has 0 bridgehead atoms. The number of halogens is 6. The molecule has 37 heavy (non-hydrogen) atoms. The summed E-state index contributed by atoms with van der Waals surface area (Å²) in [6.07, 6.45) is -7.70. The molecule has 0 radical (unpaired) electrons. The van der Waals surface area contributed by atoms with Gasteiger partial charge in [-0.05, 0) is 62.6 Å². The van der Waals surface area contributed by atoms with Crippen LogP contribution in [-0.4, -0.2) is 35.1 Å². The van der Waals surface area contributed by atoms with Crippen LogP contribution in [-0.2, 0) is 17.9 Å². The van der Waals surface area contributed by atoms with Gasteiger partial charge in [0.15, 0.2) is 0 Å². The number of alkyl halides is 6. The molecular formula is C24H25F6N3O3S. The van der Waals surface area contributed by atoms with E-state index < -0.39 is 35.6 Å². The lowest BCUT2D eigenvalue weighted by Gasteiger charge is -2.17. The number of unbranched alkanes of at least 4 members (excludes halogenated alkanes) is 2. The van der Waals surface area contributed by atoms with Crippen molar-refractivity contribution in [1.29, 1.82) is 0 Å². The summed E-state index contributed by atoms with van der Waals surface area (Å²) in [5.41, 5.74) is 3.16. The highest BCUT2D eigenvalue weighted by atomic mass is 32.1. The molecule has 0 unspecified atom stereocenters. The Morgan fingerprint density at radius 1 is 0.892 bits per heavy atom. The minimum atomic E-state index is -4.68. The summed E-state index contributed by atoms with van der Waals surface area (Å²) < 4.78 is 90.0. The van der Waals surface area contributed by atoms with Gasteiger partial charge in [-0.2, -0.15) is 26.3 Å². The van der Waals surface area contributed by atoms with Crippen LogP contribution in [0.2, 0.25) is 0 Å². The van der Waals surface area contributed by atoms with Crippen LogP contribution in [0.15, 0.2) is 42.5 Å². The number of rotatable bonds is 11. The van der Waals surface area contributed by atoms with Gasteiger partial charge < -0.3 is 20.3 Å². The van der Waals surface area contributed by atoms with Gasteiger partial charge in [0, 0.05) is 5.56 Å². The quantitative estimate of drug-likeness (QED) is 0.224. The van der Waals surface area contributed by atoms with E-state index >= 15 is 0 Å². The van der Waals surface area contributed by atoms with Gasteiger partial charge >= 0.3 is 12.4 Å². The fourth-order valence-corrected chi connectivity index (χ4v) is 4.05. The monoisotopic (exact) mass is 549 g/mol. The molecule has 0 saturated carbocycles. The molecule has 1 heterocycles. The van der Waals surface area contributed by atoms with Crippen LogP contribution < -0.4 is 15.2 Å². The molecule has 0 spiro atoms. The highest BCUT2D eigenvalue weighted by Crippen LogP contribution is 2.40. The molecule has 1 atom stereocenters. The Morgan fingerprint density at radius 3 is 2.24 bits per heavy atom. The van der Waals surface area contributed by atoms with E-state index in [0.717, 1.165) is 29.5 Å². The van der Waals surface area contributed by atoms with Crippen LogP contribution in [0.4, 0.5) is 26.3 Å². The van der Waals surface area contributed by atoms with Gasteiger partial charge in [0.25, 0.3) is 0 Å². The third-order valence-corrected chi connectivity index (χ3v) is 6.50. The Balaban J connectivity index is 1.53. The Bertz CT molecular complexity index is 1180. The third kappa shape index (κ3) is 7.79. The molecule has 6 nitrogen and oxygen atoms in total. The molecule has 0 aliphatic rings. The predicted molar refractivity (Wildman–Crippen MR) is 125 cm³/mol. The van der Waals surface area contributed by atoms with Crippen molar-refractivity contribution in [2.75, 3.05) is 19.8 Å². The maximum Gasteiger partial charge on any atom is 0.419 e. The Kier molecular flexibility index (Phi) is 9.03. The molecule has 0 saturated heterocycles. The van der Waals surface area contributed by atoms with E-state index in [-0.39, 0.29) is 40.3 Å². The van der Waals surface area contributed by atoms with E-state index in [1.807, 2.05) is 0 Å². The fourth-order valence-electron chi connectivity index (χ4n) is 3.16. The van der Waals surface area contributed by atoms with Crippen LogP contribution >= 0.6 is 11.3 Å². The van der Waals surface area contributed by atoms with Gasteiger partial charge in [-0.15, -0.1) is 10.2 Å². The lowest BCUT2D eigenvalue weighted by Crippen LogP contribution is -2.36. The SMILES string of the molecule is C[C@](N)(CO)c1nnc(-c2ccc(OCCCCCOc3cccc(C(F)(F)F)c3)c(C(F)(F)F)c2)s1. The van der Waals surface area contributed by atoms with Crippen LogP contribution in [0.1, 0.15) is 42.3 Å². The number of hydrogen-bond donors (Lipinski definition) is 2. The molecule has 3 rings (SSSR count). The largest absolute Gasteiger partial charge is 0.494 e. The third-order valence-electron chi connectivity index (χ3n) is 5.25. The van der Waals surface area contributed by atoms with E-state index in [1.165, 1.54) is 31.2 Å². The summed E-state index contributed by atoms with van der Waals surface area (Å²) in [5.74, 6) is -0.240. The zero-order valence-electron chi connectivity index (χ0n) is 19.7. The molecule has 3 aromatic rings. The zero-order valence-corrected chi connectivity index (χ0v) is 20.5. The van der Waals surface area contributed by atoms with E-state index in [9.17, 15) is 31.4 Å². The number of benzene rings is 2. The molecule has 1 aromatic heterocycles. The Morgan fingerprint density at radius 2 is 1.59 bits per heavy atom. The van der Waals surface area contributed by atoms with Crippen molar-refractivity contribution in [3.8, 4) is 22.1 Å². The van der Waals surface area contributed by atoms with Crippen molar-refractivity contribution < 1.29 is 40.9 Å². The molecule has 2 aromatic carbocycles. The smallest absolute Gasteiger partial charge is 0.419 e. The average molecular weight is 550 g/mol. The number of hydrogen-bond acceptors (Lipinski definition) is 7. The van der Waals surface area contributed by atoms with Crippen LogP contribution in [0.5, 0.6) is 11.5 Å². The van der Waals surface area contributed by atoms with E-state index in [2.05, 4.69) is 10.2 Å². The second-order valence-corrected chi connectivity index (χ2v) is 9.46. The summed E-state index contributed by atoms with van der Waals surface area (Å²) in [5, 5.41) is 17.6. The first-order valence-electron chi connectivity index (χ1n) is 11.2. The van der Waals surface area contributed by atoms with Gasteiger partial charge in [0.1, 0.15) is 21.5 Å². The normalized spacial score (nSPS) is 13.9. The van der Waals surface area contributed by atoms with Crippen molar-refractivity contribution in [2.45, 2.75) is 44.1 Å². The fraction of sp³-hybridized carbons (Fsp3) is 0.417. The van der Waals surface area contributed by atoms with E-state index in [0.29, 0.717) is 19.3 Å². The molecule has 0 aliphatic heterocycles. The van der Waals surface area contributed by atoms with Crippen molar-refractivity contribution in [2.24, 2.45) is 5.73 Å². The maximum absolute atomic E-state index is 13.7. The number of ether oxygens (including phenoxy) is 2. The highest BCUT2D eigenvalue weighted by molar-refractivity contribution is 7.14. The van der Waals surface area contributed by atoms with Gasteiger partial charge in [-0.3, -0.25) is 0 Å². The van der Waals surface area contributed by atoms with Crippen molar-refractivity contribution in [3.05, 3.63) is 58.6 Å². The summed E-state index contributed by atoms with van der Waals surface area (Å²) in [7, 11) is 0. The maximum atomic E-state index is 13.7. The number of aliphatic hydroxyl groups excluding tert-OH is 1. The van der Waals surface area contributed by atoms with Gasteiger partial charge in [-0.25, -0.2) is 0 Å². The summed E-state index contributed by atoms with van der Waals surface area (Å²) in [6.45, 7) is 1.30.